The minimum Gasteiger partial charge on any atom is -0.406 e. The number of anilines is 1. The van der Waals surface area contributed by atoms with Gasteiger partial charge in [-0.05, 0) is 73.1 Å². The van der Waals surface area contributed by atoms with Crippen LogP contribution in [0.5, 0.6) is 5.75 Å². The molecular formula is C28H32F3N3O4. The first-order chi connectivity index (χ1) is 18.2. The Morgan fingerprint density at radius 2 is 1.63 bits per heavy atom. The molecule has 2 saturated heterocycles. The van der Waals surface area contributed by atoms with Crippen molar-refractivity contribution in [3.05, 3.63) is 59.7 Å². The molecule has 0 bridgehead atoms. The quantitative estimate of drug-likeness (QED) is 0.581. The van der Waals surface area contributed by atoms with Crippen LogP contribution in [0.3, 0.4) is 0 Å². The molecule has 1 saturated carbocycles. The molecule has 1 atom stereocenters. The Kier molecular flexibility index (Phi) is 7.52. The van der Waals surface area contributed by atoms with E-state index in [2.05, 4.69) is 15.0 Å². The zero-order chi connectivity index (χ0) is 26.8. The van der Waals surface area contributed by atoms with E-state index in [1.54, 1.807) is 0 Å². The van der Waals surface area contributed by atoms with Crippen molar-refractivity contribution in [1.82, 2.24) is 10.2 Å². The Hall–Kier alpha value is -3.27. The second-order valence-corrected chi connectivity index (χ2v) is 10.3. The number of hydrogen-bond donors (Lipinski definition) is 1. The normalized spacial score (nSPS) is 20.8. The van der Waals surface area contributed by atoms with Gasteiger partial charge in [0.25, 0.3) is 5.91 Å². The Morgan fingerprint density at radius 1 is 0.974 bits per heavy atom. The largest absolute Gasteiger partial charge is 0.573 e. The van der Waals surface area contributed by atoms with Crippen molar-refractivity contribution in [1.29, 1.82) is 0 Å². The number of benzene rings is 2. The van der Waals surface area contributed by atoms with E-state index < -0.39 is 6.36 Å². The molecule has 2 aromatic rings. The smallest absolute Gasteiger partial charge is 0.406 e. The van der Waals surface area contributed by atoms with Crippen molar-refractivity contribution in [2.45, 2.75) is 44.5 Å². The molecule has 7 nitrogen and oxygen atoms in total. The maximum atomic E-state index is 13.0. The fraction of sp³-hybridized carbons (Fsp3) is 0.500. The number of morpholine rings is 1. The molecule has 5 rings (SSSR count). The molecule has 0 radical (unpaired) electrons. The van der Waals surface area contributed by atoms with Crippen LogP contribution in [0.1, 0.15) is 41.6 Å². The lowest BCUT2D eigenvalue weighted by molar-refractivity contribution is -0.274. The summed E-state index contributed by atoms with van der Waals surface area (Å²) >= 11 is 0. The third-order valence-corrected chi connectivity index (χ3v) is 7.86. The van der Waals surface area contributed by atoms with Gasteiger partial charge in [0.2, 0.25) is 5.91 Å². The number of aryl methyl sites for hydroxylation is 1. The molecule has 2 heterocycles. The third kappa shape index (κ3) is 6.40. The minimum absolute atomic E-state index is 0.0428. The number of rotatable bonds is 7. The maximum absolute atomic E-state index is 13.0. The number of nitrogens with one attached hydrogen (secondary N) is 1. The van der Waals surface area contributed by atoms with E-state index in [0.717, 1.165) is 56.8 Å². The predicted molar refractivity (Wildman–Crippen MR) is 135 cm³/mol. The number of halogens is 3. The van der Waals surface area contributed by atoms with Crippen LogP contribution in [0.2, 0.25) is 0 Å². The Morgan fingerprint density at radius 3 is 2.26 bits per heavy atom. The SMILES string of the molecule is O=C(CCc1ccc(OC(F)(F)F)cc1)NC1CC12CCN(C(=O)c1ccc(N3CCOCC3)cc1)CC2. The van der Waals surface area contributed by atoms with E-state index in [1.807, 2.05) is 29.2 Å². The van der Waals surface area contributed by atoms with Gasteiger partial charge < -0.3 is 24.6 Å². The van der Waals surface area contributed by atoms with Crippen LogP contribution < -0.4 is 15.0 Å². The summed E-state index contributed by atoms with van der Waals surface area (Å²) in [6.07, 6.45) is -1.40. The molecule has 2 aliphatic heterocycles. The van der Waals surface area contributed by atoms with Gasteiger partial charge in [-0.1, -0.05) is 12.1 Å². The van der Waals surface area contributed by atoms with Gasteiger partial charge >= 0.3 is 6.36 Å². The van der Waals surface area contributed by atoms with E-state index in [9.17, 15) is 22.8 Å². The molecule has 38 heavy (non-hydrogen) atoms. The summed E-state index contributed by atoms with van der Waals surface area (Å²) in [6, 6.07) is 13.5. The summed E-state index contributed by atoms with van der Waals surface area (Å²) in [4.78, 5) is 29.7. The first-order valence-electron chi connectivity index (χ1n) is 13.1. The number of likely N-dealkylation sites (tertiary alicyclic amines) is 1. The number of piperidine rings is 1. The van der Waals surface area contributed by atoms with E-state index in [-0.39, 0.29) is 35.4 Å². The summed E-state index contributed by atoms with van der Waals surface area (Å²) < 4.78 is 46.1. The van der Waals surface area contributed by atoms with Gasteiger partial charge in [-0.25, -0.2) is 0 Å². The number of nitrogens with zero attached hydrogens (tertiary/aromatic N) is 2. The summed E-state index contributed by atoms with van der Waals surface area (Å²) in [5, 5.41) is 3.11. The lowest BCUT2D eigenvalue weighted by Crippen LogP contribution is -2.41. The van der Waals surface area contributed by atoms with Gasteiger partial charge in [-0.15, -0.1) is 13.2 Å². The van der Waals surface area contributed by atoms with Gasteiger partial charge in [0.15, 0.2) is 0 Å². The molecule has 1 aliphatic carbocycles. The zero-order valence-electron chi connectivity index (χ0n) is 21.1. The summed E-state index contributed by atoms with van der Waals surface area (Å²) in [7, 11) is 0. The number of carbonyl (C=O) groups excluding carboxylic acids is 2. The average Bonchev–Trinajstić information content (AvgIpc) is 3.58. The number of ether oxygens (including phenoxy) is 2. The highest BCUT2D eigenvalue weighted by Crippen LogP contribution is 2.54. The van der Waals surface area contributed by atoms with Crippen molar-refractivity contribution in [2.24, 2.45) is 5.41 Å². The van der Waals surface area contributed by atoms with Crippen molar-refractivity contribution in [3.63, 3.8) is 0 Å². The number of hydrogen-bond acceptors (Lipinski definition) is 5. The average molecular weight is 532 g/mol. The minimum atomic E-state index is -4.72. The first-order valence-corrected chi connectivity index (χ1v) is 13.1. The standard InChI is InChI=1S/C28H32F3N3O4/c29-28(30,31)38-23-8-1-20(2-9-23)3-10-25(35)32-24-19-27(24)11-13-34(14-12-27)26(36)21-4-6-22(7-5-21)33-15-17-37-18-16-33/h1-2,4-9,24H,3,10-19H2,(H,32,35). The van der Waals surface area contributed by atoms with Gasteiger partial charge in [-0.2, -0.15) is 0 Å². The first kappa shape index (κ1) is 26.3. The number of carbonyl (C=O) groups is 2. The molecule has 0 aromatic heterocycles. The third-order valence-electron chi connectivity index (χ3n) is 7.86. The van der Waals surface area contributed by atoms with E-state index in [1.165, 1.54) is 24.3 Å². The highest BCUT2D eigenvalue weighted by Gasteiger charge is 2.55. The van der Waals surface area contributed by atoms with Gasteiger partial charge in [0, 0.05) is 49.9 Å². The molecule has 1 spiro atoms. The van der Waals surface area contributed by atoms with Gasteiger partial charge in [-0.3, -0.25) is 9.59 Å². The number of amides is 2. The summed E-state index contributed by atoms with van der Waals surface area (Å²) in [5.41, 5.74) is 2.62. The number of alkyl halides is 3. The highest BCUT2D eigenvalue weighted by molar-refractivity contribution is 5.94. The van der Waals surface area contributed by atoms with E-state index in [4.69, 9.17) is 4.74 Å². The van der Waals surface area contributed by atoms with Crippen LogP contribution in [-0.4, -0.2) is 68.5 Å². The molecule has 204 valence electrons. The van der Waals surface area contributed by atoms with Crippen molar-refractivity contribution < 1.29 is 32.2 Å². The lowest BCUT2D eigenvalue weighted by Gasteiger charge is -2.33. The lowest BCUT2D eigenvalue weighted by atomic mass is 9.92. The molecule has 10 heteroatoms. The molecule has 2 amide bonds. The van der Waals surface area contributed by atoms with Crippen molar-refractivity contribution in [3.8, 4) is 5.75 Å². The van der Waals surface area contributed by atoms with Crippen LogP contribution >= 0.6 is 0 Å². The van der Waals surface area contributed by atoms with Crippen LogP contribution in [0, 0.1) is 5.41 Å². The molecule has 1 N–H and O–H groups in total. The van der Waals surface area contributed by atoms with Crippen molar-refractivity contribution >= 4 is 17.5 Å². The molecular weight excluding hydrogens is 499 g/mol. The highest BCUT2D eigenvalue weighted by atomic mass is 19.4. The molecule has 3 fully saturated rings. The second-order valence-electron chi connectivity index (χ2n) is 10.3. The van der Waals surface area contributed by atoms with Crippen molar-refractivity contribution in [2.75, 3.05) is 44.3 Å². The summed E-state index contributed by atoms with van der Waals surface area (Å²) in [6.45, 7) is 4.48. The monoisotopic (exact) mass is 531 g/mol. The van der Waals surface area contributed by atoms with Crippen LogP contribution in [-0.2, 0) is 16.0 Å². The van der Waals surface area contributed by atoms with E-state index >= 15 is 0 Å². The van der Waals surface area contributed by atoms with Crippen LogP contribution in [0.4, 0.5) is 18.9 Å². The fourth-order valence-corrected chi connectivity index (χ4v) is 5.46. The van der Waals surface area contributed by atoms with Gasteiger partial charge in [0.05, 0.1) is 13.2 Å². The Labute approximate surface area is 219 Å². The van der Waals surface area contributed by atoms with Crippen LogP contribution in [0.25, 0.3) is 0 Å². The summed E-state index contributed by atoms with van der Waals surface area (Å²) in [5.74, 6) is -0.303. The molecule has 3 aliphatic rings. The fourth-order valence-electron chi connectivity index (χ4n) is 5.46. The second kappa shape index (κ2) is 10.8. The topological polar surface area (TPSA) is 71.1 Å². The Balaban J connectivity index is 1.04. The predicted octanol–water partition coefficient (Wildman–Crippen LogP) is 4.17. The van der Waals surface area contributed by atoms with Gasteiger partial charge in [0.1, 0.15) is 5.75 Å². The molecule has 2 aromatic carbocycles. The maximum Gasteiger partial charge on any atom is 0.573 e. The zero-order valence-corrected chi connectivity index (χ0v) is 21.1. The Bertz CT molecular complexity index is 1120. The van der Waals surface area contributed by atoms with Crippen LogP contribution in [0.15, 0.2) is 48.5 Å². The molecule has 1 unspecified atom stereocenters. The van der Waals surface area contributed by atoms with E-state index in [0.29, 0.717) is 25.1 Å².